The summed E-state index contributed by atoms with van der Waals surface area (Å²) in [7, 11) is 0. The lowest BCUT2D eigenvalue weighted by molar-refractivity contribution is -0.0550. The second kappa shape index (κ2) is 6.88. The third kappa shape index (κ3) is 3.26. The van der Waals surface area contributed by atoms with Crippen molar-refractivity contribution in [3.05, 3.63) is 34.1 Å². The number of aromatic nitrogens is 5. The molecule has 3 rings (SSSR count). The first kappa shape index (κ1) is 17.5. The molecule has 25 heavy (non-hydrogen) atoms. The molecule has 136 valence electrons. The van der Waals surface area contributed by atoms with E-state index < -0.39 is 36.8 Å². The van der Waals surface area contributed by atoms with Gasteiger partial charge in [0.25, 0.3) is 0 Å². The van der Waals surface area contributed by atoms with Crippen LogP contribution in [0.5, 0.6) is 0 Å². The normalized spacial score (nSPS) is 26.2. The minimum atomic E-state index is -1.38. The summed E-state index contributed by atoms with van der Waals surface area (Å²) >= 11 is 0. The summed E-state index contributed by atoms with van der Waals surface area (Å²) in [6, 6.07) is 0. The van der Waals surface area contributed by atoms with E-state index >= 15 is 0 Å². The number of nitrogens with zero attached hydrogens (tertiary/aromatic N) is 5. The number of aliphatic hydroxyl groups is 3. The van der Waals surface area contributed by atoms with Crippen LogP contribution in [0, 0.1) is 0 Å². The van der Waals surface area contributed by atoms with Crippen molar-refractivity contribution in [1.29, 1.82) is 0 Å². The van der Waals surface area contributed by atoms with Crippen LogP contribution in [0.15, 0.2) is 17.2 Å². The lowest BCUT2D eigenvalue weighted by Crippen LogP contribution is -2.36. The second-order valence-corrected chi connectivity index (χ2v) is 5.81. The highest BCUT2D eigenvalue weighted by molar-refractivity contribution is 5.39. The van der Waals surface area contributed by atoms with Gasteiger partial charge in [0.1, 0.15) is 24.1 Å². The molecule has 0 amide bonds. The number of hydrogen-bond donors (Lipinski definition) is 4. The summed E-state index contributed by atoms with van der Waals surface area (Å²) in [5, 5.41) is 37.1. The van der Waals surface area contributed by atoms with Crippen molar-refractivity contribution in [2.45, 2.75) is 44.4 Å². The second-order valence-electron chi connectivity index (χ2n) is 5.81. The first-order valence-corrected chi connectivity index (χ1v) is 7.83. The molecule has 2 aromatic rings. The monoisotopic (exact) mass is 352 g/mol. The number of rotatable bonds is 5. The highest BCUT2D eigenvalue weighted by Gasteiger charge is 2.43. The third-order valence-corrected chi connectivity index (χ3v) is 4.13. The van der Waals surface area contributed by atoms with Gasteiger partial charge < -0.3 is 25.8 Å². The Balaban J connectivity index is 1.92. The summed E-state index contributed by atoms with van der Waals surface area (Å²) in [4.78, 5) is 15.9. The van der Waals surface area contributed by atoms with Crippen molar-refractivity contribution < 1.29 is 20.1 Å². The van der Waals surface area contributed by atoms with Crippen molar-refractivity contribution in [2.24, 2.45) is 0 Å². The van der Waals surface area contributed by atoms with Gasteiger partial charge in [0.15, 0.2) is 6.23 Å². The minimum absolute atomic E-state index is 0.0408. The van der Waals surface area contributed by atoms with Crippen LogP contribution in [0.2, 0.25) is 0 Å². The summed E-state index contributed by atoms with van der Waals surface area (Å²) in [5.41, 5.74) is 6.23. The molecule has 1 saturated heterocycles. The number of anilines is 1. The van der Waals surface area contributed by atoms with Crippen LogP contribution in [0.3, 0.4) is 0 Å². The number of aliphatic hydroxyl groups excluding tert-OH is 3. The van der Waals surface area contributed by atoms with E-state index in [1.165, 1.54) is 6.20 Å². The van der Waals surface area contributed by atoms with Crippen LogP contribution in [0.25, 0.3) is 0 Å². The Morgan fingerprint density at radius 2 is 2.08 bits per heavy atom. The van der Waals surface area contributed by atoms with E-state index in [4.69, 9.17) is 10.5 Å². The zero-order chi connectivity index (χ0) is 18.1. The van der Waals surface area contributed by atoms with E-state index in [1.54, 1.807) is 10.9 Å². The van der Waals surface area contributed by atoms with E-state index in [-0.39, 0.29) is 12.2 Å². The predicted octanol–water partition coefficient (Wildman–Crippen LogP) is -2.36. The molecule has 4 atom stereocenters. The molecule has 0 spiro atoms. The van der Waals surface area contributed by atoms with Gasteiger partial charge in [-0.15, -0.1) is 5.10 Å². The molecule has 0 radical (unpaired) electrons. The van der Waals surface area contributed by atoms with E-state index in [0.717, 1.165) is 4.57 Å². The van der Waals surface area contributed by atoms with Crippen molar-refractivity contribution in [3.63, 3.8) is 0 Å². The van der Waals surface area contributed by atoms with Crippen LogP contribution in [0.4, 0.5) is 5.82 Å². The summed E-state index contributed by atoms with van der Waals surface area (Å²) < 4.78 is 8.08. The van der Waals surface area contributed by atoms with Crippen LogP contribution < -0.4 is 11.4 Å². The fourth-order valence-electron chi connectivity index (χ4n) is 2.72. The quantitative estimate of drug-likeness (QED) is 0.461. The fraction of sp³-hybridized carbons (Fsp3) is 0.571. The lowest BCUT2D eigenvalue weighted by Gasteiger charge is -2.18. The molecule has 0 saturated carbocycles. The van der Waals surface area contributed by atoms with Crippen LogP contribution in [-0.2, 0) is 17.7 Å². The van der Waals surface area contributed by atoms with Crippen molar-refractivity contribution >= 4 is 5.82 Å². The van der Waals surface area contributed by atoms with Gasteiger partial charge in [0, 0.05) is 30.9 Å². The van der Waals surface area contributed by atoms with Crippen LogP contribution >= 0.6 is 0 Å². The first-order valence-electron chi connectivity index (χ1n) is 7.83. The molecule has 11 nitrogen and oxygen atoms in total. The van der Waals surface area contributed by atoms with Gasteiger partial charge in [0.2, 0.25) is 0 Å². The zero-order valence-electron chi connectivity index (χ0n) is 13.6. The van der Waals surface area contributed by atoms with Crippen molar-refractivity contribution in [3.8, 4) is 0 Å². The highest BCUT2D eigenvalue weighted by Crippen LogP contribution is 2.28. The molecule has 1 fully saturated rings. The maximum atomic E-state index is 12.1. The Labute approximate surface area is 142 Å². The molecule has 5 N–H and O–H groups in total. The molecule has 2 aromatic heterocycles. The largest absolute Gasteiger partial charge is 0.394 e. The Hall–Kier alpha value is -2.34. The molecule has 1 unspecified atom stereocenters. The molecule has 11 heteroatoms. The van der Waals surface area contributed by atoms with E-state index in [1.807, 2.05) is 6.92 Å². The lowest BCUT2D eigenvalue weighted by atomic mass is 10.1. The van der Waals surface area contributed by atoms with Gasteiger partial charge in [-0.25, -0.2) is 4.79 Å². The minimum Gasteiger partial charge on any atom is -0.394 e. The number of nitrogens with two attached hydrogens (primary N) is 1. The van der Waals surface area contributed by atoms with Gasteiger partial charge in [-0.1, -0.05) is 5.21 Å². The van der Waals surface area contributed by atoms with E-state index in [0.29, 0.717) is 17.8 Å². The Kier molecular flexibility index (Phi) is 4.81. The standard InChI is InChI=1S/C14H20N6O5/c1-2-19-5-8(17-18-19)3-7-4-20(14(24)16-12(7)15)13-11(23)10(22)9(6-21)25-13/h4-5,9-11,13,21-23H,2-3,6H2,1H3,(H2,15,16,24)/t9-,10?,11+,13-/m1/s1. The Bertz CT molecular complexity index is 805. The van der Waals surface area contributed by atoms with Gasteiger partial charge in [-0.2, -0.15) is 4.98 Å². The van der Waals surface area contributed by atoms with Gasteiger partial charge in [-0.3, -0.25) is 9.25 Å². The predicted molar refractivity (Wildman–Crippen MR) is 84.4 cm³/mol. The van der Waals surface area contributed by atoms with E-state index in [2.05, 4.69) is 15.3 Å². The van der Waals surface area contributed by atoms with Crippen molar-refractivity contribution in [2.75, 3.05) is 12.3 Å². The van der Waals surface area contributed by atoms with E-state index in [9.17, 15) is 20.1 Å². The average molecular weight is 352 g/mol. The highest BCUT2D eigenvalue weighted by atomic mass is 16.6. The molecule has 0 aliphatic carbocycles. The van der Waals surface area contributed by atoms with Gasteiger partial charge in [0.05, 0.1) is 12.3 Å². The van der Waals surface area contributed by atoms with Gasteiger partial charge >= 0.3 is 5.69 Å². The fourth-order valence-corrected chi connectivity index (χ4v) is 2.72. The molecule has 0 bridgehead atoms. The molecule has 0 aromatic carbocycles. The Morgan fingerprint density at radius 1 is 1.32 bits per heavy atom. The summed E-state index contributed by atoms with van der Waals surface area (Å²) in [6.45, 7) is 2.11. The molecule has 1 aliphatic heterocycles. The van der Waals surface area contributed by atoms with Crippen LogP contribution in [-0.4, -0.2) is 64.8 Å². The maximum Gasteiger partial charge on any atom is 0.351 e. The topological polar surface area (TPSA) is 162 Å². The number of nitrogen functional groups attached to an aromatic ring is 1. The summed E-state index contributed by atoms with van der Waals surface area (Å²) in [6.07, 6.45) is -1.40. The number of ether oxygens (including phenoxy) is 1. The smallest absolute Gasteiger partial charge is 0.351 e. The SMILES string of the molecule is CCn1cc(Cc2cn([C@@H]3O[C@H](CO)C(O)[C@@H]3O)c(=O)nc2N)nn1. The molecule has 3 heterocycles. The molecular formula is C14H20N6O5. The Morgan fingerprint density at radius 3 is 2.68 bits per heavy atom. The van der Waals surface area contributed by atoms with Gasteiger partial charge in [-0.05, 0) is 6.92 Å². The number of aryl methyl sites for hydroxylation is 1. The van der Waals surface area contributed by atoms with Crippen LogP contribution in [0.1, 0.15) is 24.4 Å². The first-order chi connectivity index (χ1) is 11.9. The van der Waals surface area contributed by atoms with Crippen molar-refractivity contribution in [1.82, 2.24) is 24.5 Å². The summed E-state index contributed by atoms with van der Waals surface area (Å²) in [5.74, 6) is 0.0408. The number of hydrogen-bond acceptors (Lipinski definition) is 9. The maximum absolute atomic E-state index is 12.1. The average Bonchev–Trinajstić information content (AvgIpc) is 3.16. The third-order valence-electron chi connectivity index (χ3n) is 4.13. The zero-order valence-corrected chi connectivity index (χ0v) is 13.6. The molecular weight excluding hydrogens is 332 g/mol. The molecule has 1 aliphatic rings.